The van der Waals surface area contributed by atoms with Gasteiger partial charge in [0.05, 0.1) is 11.1 Å². The average molecular weight is 289 g/mol. The second-order valence-electron chi connectivity index (χ2n) is 4.20. The van der Waals surface area contributed by atoms with Crippen molar-refractivity contribution in [2.75, 3.05) is 6.54 Å². The average Bonchev–Trinajstić information content (AvgIpc) is 2.76. The van der Waals surface area contributed by atoms with Crippen molar-refractivity contribution in [3.8, 4) is 0 Å². The van der Waals surface area contributed by atoms with Crippen molar-refractivity contribution in [1.82, 2.24) is 4.31 Å². The molecule has 1 atom stereocenters. The Bertz CT molecular complexity index is 619. The van der Waals surface area contributed by atoms with Crippen molar-refractivity contribution in [2.24, 2.45) is 5.73 Å². The van der Waals surface area contributed by atoms with E-state index in [2.05, 4.69) is 0 Å². The fourth-order valence-electron chi connectivity index (χ4n) is 1.99. The number of nitrogens with two attached hydrogens (primary N) is 1. The number of nitrogens with zero attached hydrogens (tertiary/aromatic N) is 2. The number of hydrogen-bond acceptors (Lipinski definition) is 5. The predicted octanol–water partition coefficient (Wildman–Crippen LogP) is 0.803. The fraction of sp³-hybridized carbons (Fsp3) is 0.400. The molecule has 0 bridgehead atoms. The van der Waals surface area contributed by atoms with E-state index in [1.54, 1.807) is 0 Å². The van der Waals surface area contributed by atoms with E-state index in [1.807, 2.05) is 0 Å². The third kappa shape index (κ3) is 2.44. The molecule has 0 aliphatic carbocycles. The quantitative estimate of drug-likeness (QED) is 0.654. The first-order valence-electron chi connectivity index (χ1n) is 5.55. The second kappa shape index (κ2) is 4.83. The summed E-state index contributed by atoms with van der Waals surface area (Å²) in [4.78, 5) is 9.14. The maximum Gasteiger partial charge on any atom is 0.270 e. The Morgan fingerprint density at radius 1 is 1.47 bits per heavy atom. The smallest absolute Gasteiger partial charge is 0.270 e. The highest BCUT2D eigenvalue weighted by atomic mass is 32.2. The van der Waals surface area contributed by atoms with Gasteiger partial charge in [0.2, 0.25) is 10.0 Å². The van der Waals surface area contributed by atoms with E-state index in [-0.39, 0.29) is 6.54 Å². The number of sulfonamides is 1. The van der Waals surface area contributed by atoms with Gasteiger partial charge in [-0.25, -0.2) is 12.8 Å². The summed E-state index contributed by atoms with van der Waals surface area (Å²) in [6.45, 7) is 0.186. The van der Waals surface area contributed by atoms with Crippen LogP contribution in [0.15, 0.2) is 23.1 Å². The molecular formula is C10H12FN3O4S. The molecule has 19 heavy (non-hydrogen) atoms. The molecule has 2 N–H and O–H groups in total. The standard InChI is InChI=1S/C10H12FN3O4S/c11-8-4-3-7(14(15)16)6-9(8)19(17,18)13-5-1-2-10(13)12/h3-4,6,10H,1-2,5,12H2. The number of nitro benzene ring substituents is 1. The summed E-state index contributed by atoms with van der Waals surface area (Å²) >= 11 is 0. The fourth-order valence-corrected chi connectivity index (χ4v) is 3.66. The minimum Gasteiger partial charge on any atom is -0.315 e. The lowest BCUT2D eigenvalue weighted by Gasteiger charge is -2.20. The van der Waals surface area contributed by atoms with Gasteiger partial charge in [-0.15, -0.1) is 0 Å². The molecule has 0 saturated carbocycles. The van der Waals surface area contributed by atoms with Gasteiger partial charge in [-0.05, 0) is 18.9 Å². The summed E-state index contributed by atoms with van der Waals surface area (Å²) in [5.74, 6) is -1.02. The zero-order chi connectivity index (χ0) is 14.2. The van der Waals surface area contributed by atoms with Crippen molar-refractivity contribution < 1.29 is 17.7 Å². The van der Waals surface area contributed by atoms with Gasteiger partial charge < -0.3 is 5.73 Å². The van der Waals surface area contributed by atoms with Crippen molar-refractivity contribution in [1.29, 1.82) is 0 Å². The molecule has 7 nitrogen and oxygen atoms in total. The van der Waals surface area contributed by atoms with E-state index >= 15 is 0 Å². The van der Waals surface area contributed by atoms with Crippen LogP contribution in [-0.2, 0) is 10.0 Å². The van der Waals surface area contributed by atoms with Gasteiger partial charge >= 0.3 is 0 Å². The van der Waals surface area contributed by atoms with Gasteiger partial charge in [0.25, 0.3) is 5.69 Å². The molecule has 1 fully saturated rings. The van der Waals surface area contributed by atoms with Crippen LogP contribution in [0.5, 0.6) is 0 Å². The summed E-state index contributed by atoms with van der Waals surface area (Å²) in [7, 11) is -4.15. The molecule has 0 amide bonds. The van der Waals surface area contributed by atoms with Gasteiger partial charge in [-0.2, -0.15) is 4.31 Å². The Morgan fingerprint density at radius 2 is 2.16 bits per heavy atom. The molecule has 1 heterocycles. The Balaban J connectivity index is 2.51. The van der Waals surface area contributed by atoms with E-state index in [1.165, 1.54) is 0 Å². The van der Waals surface area contributed by atoms with Crippen molar-refractivity contribution >= 4 is 15.7 Å². The van der Waals surface area contributed by atoms with E-state index in [4.69, 9.17) is 5.73 Å². The molecule has 104 valence electrons. The highest BCUT2D eigenvalue weighted by molar-refractivity contribution is 7.89. The number of halogens is 1. The molecule has 1 aromatic rings. The topological polar surface area (TPSA) is 107 Å². The van der Waals surface area contributed by atoms with Crippen molar-refractivity contribution in [2.45, 2.75) is 23.9 Å². The van der Waals surface area contributed by atoms with Gasteiger partial charge in [0.1, 0.15) is 10.7 Å². The molecule has 2 rings (SSSR count). The number of hydrogen-bond donors (Lipinski definition) is 1. The Kier molecular flexibility index (Phi) is 3.52. The minimum absolute atomic E-state index is 0.186. The SMILES string of the molecule is NC1CCCN1S(=O)(=O)c1cc([N+](=O)[O-])ccc1F. The van der Waals surface area contributed by atoms with Crippen molar-refractivity contribution in [3.63, 3.8) is 0 Å². The first-order chi connectivity index (χ1) is 8.84. The maximum absolute atomic E-state index is 13.6. The van der Waals surface area contributed by atoms with Crippen LogP contribution in [0.25, 0.3) is 0 Å². The highest BCUT2D eigenvalue weighted by Gasteiger charge is 2.35. The largest absolute Gasteiger partial charge is 0.315 e. The van der Waals surface area contributed by atoms with Gasteiger partial charge in [-0.1, -0.05) is 0 Å². The van der Waals surface area contributed by atoms with Crippen LogP contribution in [-0.4, -0.2) is 30.4 Å². The molecule has 1 saturated heterocycles. The van der Waals surface area contributed by atoms with E-state index in [0.717, 1.165) is 22.5 Å². The summed E-state index contributed by atoms with van der Waals surface area (Å²) in [5, 5.41) is 10.6. The molecule has 1 aliphatic rings. The number of non-ortho nitro benzene ring substituents is 1. The van der Waals surface area contributed by atoms with Crippen LogP contribution < -0.4 is 5.73 Å². The summed E-state index contributed by atoms with van der Waals surface area (Å²) in [5.41, 5.74) is 5.16. The van der Waals surface area contributed by atoms with Gasteiger partial charge in [0.15, 0.2) is 0 Å². The Labute approximate surface area is 109 Å². The lowest BCUT2D eigenvalue weighted by molar-refractivity contribution is -0.385. The molecule has 0 spiro atoms. The predicted molar refractivity (Wildman–Crippen MR) is 64.2 cm³/mol. The third-order valence-electron chi connectivity index (χ3n) is 2.96. The van der Waals surface area contributed by atoms with E-state index in [0.29, 0.717) is 12.8 Å². The Morgan fingerprint density at radius 3 is 2.68 bits per heavy atom. The number of benzene rings is 1. The molecular weight excluding hydrogens is 277 g/mol. The van der Waals surface area contributed by atoms with Crippen LogP contribution >= 0.6 is 0 Å². The van der Waals surface area contributed by atoms with Gasteiger partial charge in [-0.3, -0.25) is 10.1 Å². The summed E-state index contributed by atoms with van der Waals surface area (Å²) in [6.07, 6.45) is 0.343. The second-order valence-corrected chi connectivity index (χ2v) is 6.06. The van der Waals surface area contributed by atoms with Crippen molar-refractivity contribution in [3.05, 3.63) is 34.1 Å². The monoisotopic (exact) mass is 289 g/mol. The van der Waals surface area contributed by atoms with Crippen LogP contribution in [0.2, 0.25) is 0 Å². The zero-order valence-electron chi connectivity index (χ0n) is 9.82. The van der Waals surface area contributed by atoms with E-state index in [9.17, 15) is 22.9 Å². The lowest BCUT2D eigenvalue weighted by atomic mass is 10.3. The first-order valence-corrected chi connectivity index (χ1v) is 6.99. The summed E-state index contributed by atoms with van der Waals surface area (Å²) in [6, 6.07) is 2.40. The normalized spacial score (nSPS) is 20.6. The number of rotatable bonds is 3. The maximum atomic E-state index is 13.6. The highest BCUT2D eigenvalue weighted by Crippen LogP contribution is 2.27. The van der Waals surface area contributed by atoms with Crippen LogP contribution in [0.1, 0.15) is 12.8 Å². The molecule has 9 heteroatoms. The Hall–Kier alpha value is -1.58. The lowest BCUT2D eigenvalue weighted by Crippen LogP contribution is -2.41. The molecule has 0 aromatic heterocycles. The third-order valence-corrected chi connectivity index (χ3v) is 4.90. The van der Waals surface area contributed by atoms with Gasteiger partial charge in [0, 0.05) is 18.7 Å². The molecule has 0 radical (unpaired) electrons. The molecule has 1 aliphatic heterocycles. The number of nitro groups is 1. The minimum atomic E-state index is -4.15. The zero-order valence-corrected chi connectivity index (χ0v) is 10.6. The van der Waals surface area contributed by atoms with Crippen LogP contribution in [0.3, 0.4) is 0 Å². The summed E-state index contributed by atoms with van der Waals surface area (Å²) < 4.78 is 39.1. The van der Waals surface area contributed by atoms with Crippen LogP contribution in [0, 0.1) is 15.9 Å². The van der Waals surface area contributed by atoms with E-state index < -0.39 is 37.5 Å². The molecule has 1 aromatic carbocycles. The van der Waals surface area contributed by atoms with Crippen LogP contribution in [0.4, 0.5) is 10.1 Å². The first kappa shape index (κ1) is 13.8. The molecule has 1 unspecified atom stereocenters.